The highest BCUT2D eigenvalue weighted by Gasteiger charge is 2.03. The number of benzene rings is 1. The summed E-state index contributed by atoms with van der Waals surface area (Å²) < 4.78 is 6.10. The fourth-order valence-electron chi connectivity index (χ4n) is 1.69. The predicted molar refractivity (Wildman–Crippen MR) is 78.6 cm³/mol. The molecule has 0 amide bonds. The van der Waals surface area contributed by atoms with Crippen molar-refractivity contribution in [3.05, 3.63) is 35.4 Å². The number of ether oxygens (including phenoxy) is 1. The van der Waals surface area contributed by atoms with Crippen LogP contribution in [0.25, 0.3) is 0 Å². The van der Waals surface area contributed by atoms with Crippen LogP contribution < -0.4 is 0 Å². The molecule has 0 N–H and O–H groups in total. The largest absolute Gasteiger partial charge is 0.466 e. The molecule has 0 saturated heterocycles. The lowest BCUT2D eigenvalue weighted by Crippen LogP contribution is -2.05. The Morgan fingerprint density at radius 2 is 2.00 bits per heavy atom. The summed E-state index contributed by atoms with van der Waals surface area (Å²) in [4.78, 5) is 11.3. The lowest BCUT2D eigenvalue weighted by Gasteiger charge is -2.05. The number of hydrogen-bond acceptors (Lipinski definition) is 2. The first-order valence-electron chi connectivity index (χ1n) is 6.05. The molecule has 0 aliphatic rings. The fourth-order valence-corrected chi connectivity index (χ4v) is 2.07. The van der Waals surface area contributed by atoms with Crippen LogP contribution in [-0.4, -0.2) is 17.0 Å². The molecule has 0 aromatic heterocycles. The van der Waals surface area contributed by atoms with Crippen molar-refractivity contribution in [1.29, 1.82) is 0 Å². The molecular formula is C14H19IO2. The number of rotatable bonds is 7. The van der Waals surface area contributed by atoms with Crippen LogP contribution in [-0.2, 0) is 22.4 Å². The Balaban J connectivity index is 2.45. The SMILES string of the molecule is CCOC(=O)CCc1cccc(CCCI)c1. The molecule has 2 nitrogen and oxygen atoms in total. The van der Waals surface area contributed by atoms with Crippen molar-refractivity contribution in [1.82, 2.24) is 0 Å². The lowest BCUT2D eigenvalue weighted by atomic mass is 10.0. The van der Waals surface area contributed by atoms with Crippen LogP contribution in [0.2, 0.25) is 0 Å². The molecule has 3 heteroatoms. The zero-order chi connectivity index (χ0) is 12.5. The molecule has 0 aliphatic carbocycles. The average molecular weight is 346 g/mol. The predicted octanol–water partition coefficient (Wildman–Crippen LogP) is 3.55. The highest BCUT2D eigenvalue weighted by molar-refractivity contribution is 14.1. The minimum atomic E-state index is -0.106. The Kier molecular flexibility index (Phi) is 7.24. The third kappa shape index (κ3) is 6.05. The summed E-state index contributed by atoms with van der Waals surface area (Å²) in [6.07, 6.45) is 3.58. The number of esters is 1. The average Bonchev–Trinajstić information content (AvgIpc) is 2.35. The summed E-state index contributed by atoms with van der Waals surface area (Å²) in [6.45, 7) is 2.30. The van der Waals surface area contributed by atoms with E-state index in [1.54, 1.807) is 0 Å². The molecule has 17 heavy (non-hydrogen) atoms. The van der Waals surface area contributed by atoms with Crippen LogP contribution >= 0.6 is 22.6 Å². The summed E-state index contributed by atoms with van der Waals surface area (Å²) in [5.41, 5.74) is 2.59. The summed E-state index contributed by atoms with van der Waals surface area (Å²) in [5.74, 6) is -0.106. The topological polar surface area (TPSA) is 26.3 Å². The van der Waals surface area contributed by atoms with Gasteiger partial charge in [0, 0.05) is 6.42 Å². The summed E-state index contributed by atoms with van der Waals surface area (Å²) >= 11 is 2.40. The highest BCUT2D eigenvalue weighted by atomic mass is 127. The molecule has 0 saturated carbocycles. The van der Waals surface area contributed by atoms with Gasteiger partial charge in [0.15, 0.2) is 0 Å². The second-order valence-corrected chi connectivity index (χ2v) is 5.00. The first-order chi connectivity index (χ1) is 8.26. The third-order valence-electron chi connectivity index (χ3n) is 2.51. The smallest absolute Gasteiger partial charge is 0.306 e. The fraction of sp³-hybridized carbons (Fsp3) is 0.500. The van der Waals surface area contributed by atoms with Gasteiger partial charge in [0.2, 0.25) is 0 Å². The van der Waals surface area contributed by atoms with E-state index in [-0.39, 0.29) is 5.97 Å². The van der Waals surface area contributed by atoms with Gasteiger partial charge in [-0.15, -0.1) is 0 Å². The van der Waals surface area contributed by atoms with Crippen LogP contribution in [0.3, 0.4) is 0 Å². The van der Waals surface area contributed by atoms with Gasteiger partial charge in [-0.3, -0.25) is 4.79 Å². The third-order valence-corrected chi connectivity index (χ3v) is 3.28. The van der Waals surface area contributed by atoms with Crippen molar-refractivity contribution < 1.29 is 9.53 Å². The molecule has 0 unspecified atom stereocenters. The Labute approximate surface area is 117 Å². The van der Waals surface area contributed by atoms with E-state index in [4.69, 9.17) is 4.74 Å². The Bertz CT molecular complexity index is 350. The van der Waals surface area contributed by atoms with Gasteiger partial charge in [-0.25, -0.2) is 0 Å². The van der Waals surface area contributed by atoms with E-state index in [2.05, 4.69) is 46.9 Å². The zero-order valence-corrected chi connectivity index (χ0v) is 12.4. The minimum Gasteiger partial charge on any atom is -0.466 e. The monoisotopic (exact) mass is 346 g/mol. The van der Waals surface area contributed by atoms with Crippen molar-refractivity contribution in [2.75, 3.05) is 11.0 Å². The Hall–Kier alpha value is -0.580. The first kappa shape index (κ1) is 14.5. The van der Waals surface area contributed by atoms with Crippen molar-refractivity contribution in [3.63, 3.8) is 0 Å². The molecule has 1 rings (SSSR count). The Morgan fingerprint density at radius 3 is 2.65 bits per heavy atom. The van der Waals surface area contributed by atoms with Gasteiger partial charge < -0.3 is 4.74 Å². The van der Waals surface area contributed by atoms with Crippen LogP contribution in [0.5, 0.6) is 0 Å². The lowest BCUT2D eigenvalue weighted by molar-refractivity contribution is -0.143. The molecule has 1 aromatic carbocycles. The van der Waals surface area contributed by atoms with Crippen LogP contribution in [0.4, 0.5) is 0 Å². The molecule has 0 fully saturated rings. The standard InChI is InChI=1S/C14H19IO2/c1-2-17-14(16)9-8-13-6-3-5-12(11-13)7-4-10-15/h3,5-6,11H,2,4,7-10H2,1H3. The van der Waals surface area contributed by atoms with E-state index in [1.165, 1.54) is 22.0 Å². The van der Waals surface area contributed by atoms with Crippen molar-refractivity contribution >= 4 is 28.6 Å². The zero-order valence-electron chi connectivity index (χ0n) is 10.2. The first-order valence-corrected chi connectivity index (χ1v) is 7.58. The molecule has 0 bridgehead atoms. The molecule has 0 aliphatic heterocycles. The molecule has 0 spiro atoms. The van der Waals surface area contributed by atoms with Gasteiger partial charge in [0.1, 0.15) is 0 Å². The molecule has 0 heterocycles. The van der Waals surface area contributed by atoms with Crippen LogP contribution in [0, 0.1) is 0 Å². The maximum Gasteiger partial charge on any atom is 0.306 e. The van der Waals surface area contributed by atoms with Gasteiger partial charge in [-0.1, -0.05) is 46.9 Å². The van der Waals surface area contributed by atoms with E-state index < -0.39 is 0 Å². The van der Waals surface area contributed by atoms with E-state index in [0.717, 1.165) is 12.8 Å². The second-order valence-electron chi connectivity index (χ2n) is 3.92. The van der Waals surface area contributed by atoms with Crippen LogP contribution in [0.1, 0.15) is 30.9 Å². The Morgan fingerprint density at radius 1 is 1.29 bits per heavy atom. The van der Waals surface area contributed by atoms with E-state index in [0.29, 0.717) is 13.0 Å². The van der Waals surface area contributed by atoms with Gasteiger partial charge in [-0.2, -0.15) is 0 Å². The number of aryl methyl sites for hydroxylation is 2. The maximum absolute atomic E-state index is 11.3. The number of hydrogen-bond donors (Lipinski definition) is 0. The highest BCUT2D eigenvalue weighted by Crippen LogP contribution is 2.10. The molecule has 0 atom stereocenters. The van der Waals surface area contributed by atoms with E-state index >= 15 is 0 Å². The summed E-state index contributed by atoms with van der Waals surface area (Å²) in [6, 6.07) is 8.50. The quantitative estimate of drug-likeness (QED) is 0.429. The molecule has 1 aromatic rings. The number of carbonyl (C=O) groups is 1. The van der Waals surface area contributed by atoms with Gasteiger partial charge in [0.05, 0.1) is 6.61 Å². The van der Waals surface area contributed by atoms with Crippen molar-refractivity contribution in [2.45, 2.75) is 32.6 Å². The van der Waals surface area contributed by atoms with E-state index in [9.17, 15) is 4.79 Å². The van der Waals surface area contributed by atoms with E-state index in [1.807, 2.05) is 6.92 Å². The maximum atomic E-state index is 11.3. The number of alkyl halides is 1. The van der Waals surface area contributed by atoms with Crippen LogP contribution in [0.15, 0.2) is 24.3 Å². The minimum absolute atomic E-state index is 0.106. The summed E-state index contributed by atoms with van der Waals surface area (Å²) in [5, 5.41) is 0. The molecular weight excluding hydrogens is 327 g/mol. The second kappa shape index (κ2) is 8.50. The van der Waals surface area contributed by atoms with Crippen molar-refractivity contribution in [2.24, 2.45) is 0 Å². The van der Waals surface area contributed by atoms with Gasteiger partial charge in [0.25, 0.3) is 0 Å². The number of halogens is 1. The normalized spacial score (nSPS) is 10.2. The summed E-state index contributed by atoms with van der Waals surface area (Å²) in [7, 11) is 0. The molecule has 0 radical (unpaired) electrons. The number of carbonyl (C=O) groups excluding carboxylic acids is 1. The molecule has 94 valence electrons. The van der Waals surface area contributed by atoms with Gasteiger partial charge >= 0.3 is 5.97 Å². The van der Waals surface area contributed by atoms with Crippen molar-refractivity contribution in [3.8, 4) is 0 Å². The van der Waals surface area contributed by atoms with Gasteiger partial charge in [-0.05, 0) is 41.7 Å².